The molecule has 2 N–H and O–H groups in total. The third-order valence-electron chi connectivity index (χ3n) is 5.05. The number of nitrogens with zero attached hydrogens (tertiary/aromatic N) is 1. The normalized spacial score (nSPS) is 16.7. The van der Waals surface area contributed by atoms with Crippen molar-refractivity contribution in [3.05, 3.63) is 34.9 Å². The molecule has 1 aliphatic rings. The molecule has 2 rings (SSSR count). The summed E-state index contributed by atoms with van der Waals surface area (Å²) >= 11 is 5.98. The second-order valence-electron chi connectivity index (χ2n) is 6.98. The molecule has 0 heterocycles. The van der Waals surface area contributed by atoms with E-state index in [9.17, 15) is 0 Å². The van der Waals surface area contributed by atoms with E-state index in [-0.39, 0.29) is 0 Å². The summed E-state index contributed by atoms with van der Waals surface area (Å²) < 4.78 is 11.0. The predicted molar refractivity (Wildman–Crippen MR) is 108 cm³/mol. The Morgan fingerprint density at radius 1 is 1.23 bits per heavy atom. The van der Waals surface area contributed by atoms with Crippen molar-refractivity contribution in [2.24, 2.45) is 10.4 Å². The summed E-state index contributed by atoms with van der Waals surface area (Å²) in [6.07, 6.45) is 6.27. The van der Waals surface area contributed by atoms with Gasteiger partial charge in [-0.2, -0.15) is 0 Å². The minimum absolute atomic E-state index is 0.344. The highest BCUT2D eigenvalue weighted by atomic mass is 35.5. The fourth-order valence-corrected chi connectivity index (χ4v) is 3.72. The molecule has 26 heavy (non-hydrogen) atoms. The topological polar surface area (TPSA) is 54.9 Å². The molecule has 146 valence electrons. The Labute approximate surface area is 162 Å². The van der Waals surface area contributed by atoms with Crippen LogP contribution in [0.15, 0.2) is 29.3 Å². The molecule has 0 aliphatic heterocycles. The summed E-state index contributed by atoms with van der Waals surface area (Å²) in [6.45, 7) is 3.66. The van der Waals surface area contributed by atoms with Gasteiger partial charge in [-0.25, -0.2) is 0 Å². The molecule has 1 aromatic carbocycles. The van der Waals surface area contributed by atoms with Crippen LogP contribution in [0.25, 0.3) is 0 Å². The van der Waals surface area contributed by atoms with Crippen molar-refractivity contribution < 1.29 is 9.47 Å². The first-order chi connectivity index (χ1) is 12.7. The van der Waals surface area contributed by atoms with Crippen molar-refractivity contribution in [3.63, 3.8) is 0 Å². The highest BCUT2D eigenvalue weighted by molar-refractivity contribution is 6.30. The van der Waals surface area contributed by atoms with E-state index in [1.165, 1.54) is 25.7 Å². The Kier molecular flexibility index (Phi) is 9.23. The molecule has 1 saturated carbocycles. The van der Waals surface area contributed by atoms with Gasteiger partial charge in [-0.05, 0) is 42.4 Å². The van der Waals surface area contributed by atoms with E-state index in [4.69, 9.17) is 21.1 Å². The maximum atomic E-state index is 5.98. The molecule has 1 aromatic rings. The molecule has 0 aromatic heterocycles. The van der Waals surface area contributed by atoms with Gasteiger partial charge in [0.1, 0.15) is 0 Å². The van der Waals surface area contributed by atoms with E-state index in [0.29, 0.717) is 25.2 Å². The van der Waals surface area contributed by atoms with Gasteiger partial charge in [-0.3, -0.25) is 4.99 Å². The van der Waals surface area contributed by atoms with Gasteiger partial charge in [0.25, 0.3) is 0 Å². The van der Waals surface area contributed by atoms with Crippen molar-refractivity contribution in [1.29, 1.82) is 0 Å². The lowest BCUT2D eigenvalue weighted by atomic mass is 9.83. The average Bonchev–Trinajstić information content (AvgIpc) is 3.11. The maximum absolute atomic E-state index is 5.98. The first kappa shape index (κ1) is 21.0. The Morgan fingerprint density at radius 3 is 2.73 bits per heavy atom. The summed E-state index contributed by atoms with van der Waals surface area (Å²) in [5, 5.41) is 7.55. The molecule has 6 heteroatoms. The molecule has 0 bridgehead atoms. The first-order valence-corrected chi connectivity index (χ1v) is 9.81. The van der Waals surface area contributed by atoms with Crippen LogP contribution in [0.3, 0.4) is 0 Å². The standard InChI is InChI=1S/C20H32ClN3O2/c1-22-19(24-16-20(10-12-25-2)8-3-4-9-20)23-11-13-26-15-17-6-5-7-18(21)14-17/h5-7,14H,3-4,8-13,15-16H2,1-2H3,(H2,22,23,24). The lowest BCUT2D eigenvalue weighted by molar-refractivity contribution is 0.125. The van der Waals surface area contributed by atoms with Gasteiger partial charge in [0.2, 0.25) is 0 Å². The summed E-state index contributed by atoms with van der Waals surface area (Å²) in [5.74, 6) is 0.833. The van der Waals surface area contributed by atoms with E-state index in [1.54, 1.807) is 14.2 Å². The average molecular weight is 382 g/mol. The molecule has 0 radical (unpaired) electrons. The predicted octanol–water partition coefficient (Wildman–Crippen LogP) is 3.62. The van der Waals surface area contributed by atoms with Gasteiger partial charge in [0.05, 0.1) is 13.2 Å². The monoisotopic (exact) mass is 381 g/mol. The van der Waals surface area contributed by atoms with Crippen molar-refractivity contribution >= 4 is 17.6 Å². The van der Waals surface area contributed by atoms with Gasteiger partial charge in [0, 0.05) is 38.9 Å². The molecule has 1 aliphatic carbocycles. The highest BCUT2D eigenvalue weighted by Crippen LogP contribution is 2.40. The zero-order valence-electron chi connectivity index (χ0n) is 16.0. The molecular weight excluding hydrogens is 350 g/mol. The fourth-order valence-electron chi connectivity index (χ4n) is 3.51. The van der Waals surface area contributed by atoms with Gasteiger partial charge in [-0.15, -0.1) is 0 Å². The van der Waals surface area contributed by atoms with Crippen LogP contribution in [0.4, 0.5) is 0 Å². The van der Waals surface area contributed by atoms with Crippen LogP contribution < -0.4 is 10.6 Å². The van der Waals surface area contributed by atoms with Gasteiger partial charge in [-0.1, -0.05) is 36.6 Å². The smallest absolute Gasteiger partial charge is 0.191 e. The number of ether oxygens (including phenoxy) is 2. The van der Waals surface area contributed by atoms with E-state index in [0.717, 1.165) is 36.1 Å². The van der Waals surface area contributed by atoms with E-state index < -0.39 is 0 Å². The van der Waals surface area contributed by atoms with Crippen LogP contribution in [0.1, 0.15) is 37.7 Å². The number of halogens is 1. The number of rotatable bonds is 10. The largest absolute Gasteiger partial charge is 0.385 e. The first-order valence-electron chi connectivity index (χ1n) is 9.43. The van der Waals surface area contributed by atoms with Crippen molar-refractivity contribution in [1.82, 2.24) is 10.6 Å². The van der Waals surface area contributed by atoms with Crippen LogP contribution in [0.2, 0.25) is 5.02 Å². The van der Waals surface area contributed by atoms with Gasteiger partial charge >= 0.3 is 0 Å². The van der Waals surface area contributed by atoms with E-state index >= 15 is 0 Å². The van der Waals surface area contributed by atoms with Crippen LogP contribution in [-0.2, 0) is 16.1 Å². The Morgan fingerprint density at radius 2 is 2.04 bits per heavy atom. The maximum Gasteiger partial charge on any atom is 0.191 e. The fraction of sp³-hybridized carbons (Fsp3) is 0.650. The molecule has 0 amide bonds. The quantitative estimate of drug-likeness (QED) is 0.369. The van der Waals surface area contributed by atoms with E-state index in [1.807, 2.05) is 24.3 Å². The number of aliphatic imine (C=N–C) groups is 1. The molecular formula is C20H32ClN3O2. The Bertz CT molecular complexity index is 560. The van der Waals surface area contributed by atoms with Crippen LogP contribution in [-0.4, -0.2) is 46.4 Å². The molecule has 0 atom stereocenters. The van der Waals surface area contributed by atoms with Crippen molar-refractivity contribution in [3.8, 4) is 0 Å². The number of guanidine groups is 1. The van der Waals surface area contributed by atoms with Gasteiger partial charge in [0.15, 0.2) is 5.96 Å². The van der Waals surface area contributed by atoms with Crippen LogP contribution >= 0.6 is 11.6 Å². The number of benzene rings is 1. The summed E-state index contributed by atoms with van der Waals surface area (Å²) in [5.41, 5.74) is 1.43. The summed E-state index contributed by atoms with van der Waals surface area (Å²) in [7, 11) is 3.58. The molecule has 0 spiro atoms. The van der Waals surface area contributed by atoms with Crippen molar-refractivity contribution in [2.45, 2.75) is 38.7 Å². The second-order valence-corrected chi connectivity index (χ2v) is 7.42. The van der Waals surface area contributed by atoms with Crippen LogP contribution in [0.5, 0.6) is 0 Å². The molecule has 5 nitrogen and oxygen atoms in total. The third kappa shape index (κ3) is 7.14. The Balaban J connectivity index is 1.65. The highest BCUT2D eigenvalue weighted by Gasteiger charge is 2.33. The molecule has 0 unspecified atom stereocenters. The summed E-state index contributed by atoms with van der Waals surface area (Å²) in [6, 6.07) is 7.75. The molecule has 0 saturated heterocycles. The lowest BCUT2D eigenvalue weighted by Crippen LogP contribution is -2.44. The third-order valence-corrected chi connectivity index (χ3v) is 5.29. The zero-order chi connectivity index (χ0) is 18.7. The second kappa shape index (κ2) is 11.4. The number of hydrogen-bond donors (Lipinski definition) is 2. The number of methoxy groups -OCH3 is 1. The van der Waals surface area contributed by atoms with E-state index in [2.05, 4.69) is 15.6 Å². The van der Waals surface area contributed by atoms with Gasteiger partial charge < -0.3 is 20.1 Å². The SMILES string of the molecule is CN=C(NCCOCc1cccc(Cl)c1)NCC1(CCOC)CCCC1. The number of hydrogen-bond acceptors (Lipinski definition) is 3. The molecule has 1 fully saturated rings. The lowest BCUT2D eigenvalue weighted by Gasteiger charge is -2.29. The Hall–Kier alpha value is -1.30. The van der Waals surface area contributed by atoms with Crippen molar-refractivity contribution in [2.75, 3.05) is 40.5 Å². The summed E-state index contributed by atoms with van der Waals surface area (Å²) in [4.78, 5) is 4.32. The minimum Gasteiger partial charge on any atom is -0.385 e. The minimum atomic E-state index is 0.344. The van der Waals surface area contributed by atoms with Crippen LogP contribution in [0, 0.1) is 5.41 Å². The number of nitrogens with one attached hydrogen (secondary N) is 2. The zero-order valence-corrected chi connectivity index (χ0v) is 16.8.